The second-order valence-electron chi connectivity index (χ2n) is 4.48. The van der Waals surface area contributed by atoms with Crippen LogP contribution in [0.15, 0.2) is 30.3 Å². The van der Waals surface area contributed by atoms with Crippen LogP contribution in [0.4, 0.5) is 0 Å². The largest absolute Gasteiger partial charge is 0.378 e. The van der Waals surface area contributed by atoms with E-state index in [2.05, 4.69) is 0 Å². The van der Waals surface area contributed by atoms with Crippen molar-refractivity contribution in [1.29, 1.82) is 0 Å². The highest BCUT2D eigenvalue weighted by atomic mass is 16.5. The summed E-state index contributed by atoms with van der Waals surface area (Å²) in [6.07, 6.45) is 0.368. The molecule has 0 spiro atoms. The summed E-state index contributed by atoms with van der Waals surface area (Å²) in [5, 5.41) is 10.7. The van der Waals surface area contributed by atoms with Gasteiger partial charge in [-0.25, -0.2) is 0 Å². The molecule has 1 amide bonds. The fourth-order valence-electron chi connectivity index (χ4n) is 2.22. The Bertz CT molecular complexity index is 401. The van der Waals surface area contributed by atoms with Crippen LogP contribution in [0.1, 0.15) is 18.9 Å². The Morgan fingerprint density at radius 3 is 2.50 bits per heavy atom. The molecule has 0 aliphatic carbocycles. The highest BCUT2D eigenvalue weighted by Crippen LogP contribution is 2.27. The van der Waals surface area contributed by atoms with E-state index in [1.165, 1.54) is 0 Å². The number of ether oxygens (including phenoxy) is 1. The summed E-state index contributed by atoms with van der Waals surface area (Å²) < 4.78 is 5.23. The maximum Gasteiger partial charge on any atom is 0.259 e. The van der Waals surface area contributed by atoms with Crippen molar-refractivity contribution >= 4 is 5.91 Å². The maximum absolute atomic E-state index is 12.5. The molecule has 4 nitrogen and oxygen atoms in total. The maximum atomic E-state index is 12.5. The summed E-state index contributed by atoms with van der Waals surface area (Å²) in [5.74, 6) is -0.223. The molecule has 2 rings (SSSR count). The lowest BCUT2D eigenvalue weighted by Gasteiger charge is -2.35. The number of aliphatic hydroxyl groups is 1. The lowest BCUT2D eigenvalue weighted by Crippen LogP contribution is -2.50. The number of benzene rings is 1. The minimum atomic E-state index is -1.42. The van der Waals surface area contributed by atoms with Crippen LogP contribution in [0.3, 0.4) is 0 Å². The Hall–Kier alpha value is -1.39. The molecule has 1 fully saturated rings. The topological polar surface area (TPSA) is 49.8 Å². The summed E-state index contributed by atoms with van der Waals surface area (Å²) in [7, 11) is 0. The third-order valence-electron chi connectivity index (χ3n) is 3.42. The molecule has 1 unspecified atom stereocenters. The van der Waals surface area contributed by atoms with Crippen molar-refractivity contribution in [2.45, 2.75) is 18.9 Å². The lowest BCUT2D eigenvalue weighted by molar-refractivity contribution is -0.157. The average Bonchev–Trinajstić information content (AvgIpc) is 2.47. The standard InChI is InChI=1S/C14H19NO3/c1-2-14(17,12-6-4-3-5-7-12)13(16)15-8-10-18-11-9-15/h3-7,17H,2,8-11H2,1H3. The van der Waals surface area contributed by atoms with Gasteiger partial charge in [-0.05, 0) is 12.0 Å². The lowest BCUT2D eigenvalue weighted by atomic mass is 9.89. The first-order valence-corrected chi connectivity index (χ1v) is 6.33. The molecule has 1 aliphatic rings. The van der Waals surface area contributed by atoms with Crippen LogP contribution < -0.4 is 0 Å². The zero-order valence-corrected chi connectivity index (χ0v) is 10.6. The third-order valence-corrected chi connectivity index (χ3v) is 3.42. The summed E-state index contributed by atoms with van der Waals surface area (Å²) in [4.78, 5) is 14.2. The number of carbonyl (C=O) groups is 1. The van der Waals surface area contributed by atoms with Gasteiger partial charge in [0.1, 0.15) is 0 Å². The summed E-state index contributed by atoms with van der Waals surface area (Å²) >= 11 is 0. The van der Waals surface area contributed by atoms with E-state index in [0.29, 0.717) is 38.3 Å². The van der Waals surface area contributed by atoms with E-state index in [9.17, 15) is 9.90 Å². The molecule has 1 N–H and O–H groups in total. The molecule has 1 atom stereocenters. The van der Waals surface area contributed by atoms with E-state index in [1.807, 2.05) is 25.1 Å². The normalized spacial score (nSPS) is 19.3. The van der Waals surface area contributed by atoms with Crippen molar-refractivity contribution in [2.24, 2.45) is 0 Å². The minimum absolute atomic E-state index is 0.223. The van der Waals surface area contributed by atoms with Gasteiger partial charge in [0.25, 0.3) is 5.91 Å². The van der Waals surface area contributed by atoms with Gasteiger partial charge in [0.15, 0.2) is 5.60 Å². The van der Waals surface area contributed by atoms with Gasteiger partial charge in [-0.2, -0.15) is 0 Å². The van der Waals surface area contributed by atoms with E-state index in [1.54, 1.807) is 17.0 Å². The first-order valence-electron chi connectivity index (χ1n) is 6.33. The van der Waals surface area contributed by atoms with Gasteiger partial charge in [0.2, 0.25) is 0 Å². The number of carbonyl (C=O) groups excluding carboxylic acids is 1. The van der Waals surface area contributed by atoms with Crippen LogP contribution in [-0.4, -0.2) is 42.2 Å². The fourth-order valence-corrected chi connectivity index (χ4v) is 2.22. The van der Waals surface area contributed by atoms with E-state index in [4.69, 9.17) is 4.74 Å². The van der Waals surface area contributed by atoms with Gasteiger partial charge < -0.3 is 14.7 Å². The number of hydrogen-bond donors (Lipinski definition) is 1. The van der Waals surface area contributed by atoms with Crippen LogP contribution in [0.2, 0.25) is 0 Å². The molecule has 0 aromatic heterocycles. The van der Waals surface area contributed by atoms with E-state index in [0.717, 1.165) is 0 Å². The highest BCUT2D eigenvalue weighted by Gasteiger charge is 2.39. The Morgan fingerprint density at radius 1 is 1.33 bits per heavy atom. The predicted molar refractivity (Wildman–Crippen MR) is 68.0 cm³/mol. The van der Waals surface area contributed by atoms with Gasteiger partial charge in [0.05, 0.1) is 13.2 Å². The number of amides is 1. The number of morpholine rings is 1. The zero-order chi connectivity index (χ0) is 13.0. The quantitative estimate of drug-likeness (QED) is 0.874. The van der Waals surface area contributed by atoms with Crippen molar-refractivity contribution < 1.29 is 14.6 Å². The first kappa shape index (κ1) is 13.1. The summed E-state index contributed by atoms with van der Waals surface area (Å²) in [6.45, 7) is 4.01. The third kappa shape index (κ3) is 2.40. The van der Waals surface area contributed by atoms with E-state index in [-0.39, 0.29) is 5.91 Å². The van der Waals surface area contributed by atoms with Crippen LogP contribution in [0, 0.1) is 0 Å². The Balaban J connectivity index is 2.23. The Labute approximate surface area is 107 Å². The van der Waals surface area contributed by atoms with Crippen LogP contribution in [-0.2, 0) is 15.1 Å². The number of hydrogen-bond acceptors (Lipinski definition) is 3. The first-order chi connectivity index (χ1) is 8.68. The molecule has 1 aliphatic heterocycles. The van der Waals surface area contributed by atoms with Crippen LogP contribution in [0.25, 0.3) is 0 Å². The second kappa shape index (κ2) is 5.50. The van der Waals surface area contributed by atoms with Gasteiger partial charge >= 0.3 is 0 Å². The van der Waals surface area contributed by atoms with E-state index >= 15 is 0 Å². The van der Waals surface area contributed by atoms with Gasteiger partial charge in [-0.3, -0.25) is 4.79 Å². The van der Waals surface area contributed by atoms with Crippen molar-refractivity contribution in [2.75, 3.05) is 26.3 Å². The fraction of sp³-hybridized carbons (Fsp3) is 0.500. The molecular formula is C14H19NO3. The molecule has 0 bridgehead atoms. The zero-order valence-electron chi connectivity index (χ0n) is 10.6. The summed E-state index contributed by atoms with van der Waals surface area (Å²) in [5.41, 5.74) is -0.762. The van der Waals surface area contributed by atoms with Crippen molar-refractivity contribution in [1.82, 2.24) is 4.90 Å². The molecule has 4 heteroatoms. The molecular weight excluding hydrogens is 230 g/mol. The van der Waals surface area contributed by atoms with Crippen LogP contribution in [0.5, 0.6) is 0 Å². The Morgan fingerprint density at radius 2 is 1.94 bits per heavy atom. The van der Waals surface area contributed by atoms with Gasteiger partial charge in [-0.1, -0.05) is 37.3 Å². The highest BCUT2D eigenvalue weighted by molar-refractivity contribution is 5.86. The smallest absolute Gasteiger partial charge is 0.259 e. The molecule has 1 aromatic carbocycles. The summed E-state index contributed by atoms with van der Waals surface area (Å²) in [6, 6.07) is 9.13. The molecule has 18 heavy (non-hydrogen) atoms. The average molecular weight is 249 g/mol. The Kier molecular flexibility index (Phi) is 3.99. The molecule has 1 heterocycles. The molecule has 1 saturated heterocycles. The number of rotatable bonds is 3. The van der Waals surface area contributed by atoms with Gasteiger partial charge in [0, 0.05) is 13.1 Å². The van der Waals surface area contributed by atoms with Crippen molar-refractivity contribution in [3.05, 3.63) is 35.9 Å². The van der Waals surface area contributed by atoms with Crippen molar-refractivity contribution in [3.8, 4) is 0 Å². The molecule has 98 valence electrons. The SMILES string of the molecule is CCC(O)(C(=O)N1CCOCC1)c1ccccc1. The minimum Gasteiger partial charge on any atom is -0.378 e. The van der Waals surface area contributed by atoms with Gasteiger partial charge in [-0.15, -0.1) is 0 Å². The molecule has 0 saturated carbocycles. The number of nitrogens with zero attached hydrogens (tertiary/aromatic N) is 1. The van der Waals surface area contributed by atoms with Crippen molar-refractivity contribution in [3.63, 3.8) is 0 Å². The molecule has 0 radical (unpaired) electrons. The van der Waals surface area contributed by atoms with E-state index < -0.39 is 5.60 Å². The monoisotopic (exact) mass is 249 g/mol. The predicted octanol–water partition coefficient (Wildman–Crippen LogP) is 1.14. The molecule has 1 aromatic rings. The second-order valence-corrected chi connectivity index (χ2v) is 4.48. The van der Waals surface area contributed by atoms with Crippen LogP contribution >= 0.6 is 0 Å².